The molecule has 18 heteroatoms. The maximum Gasteiger partial charge on any atom is 0.261 e. The topological polar surface area (TPSA) is 204 Å². The SMILES string of the molecule is CCC(CC(CC(CC(C)C(=O)NCCO)C(=O)NCC[N+](C)(C)C)C(=O)NCCOC(=S)Nc1ccc(N=Nc2ccccc2)cc1)C(=O)NCCOC(=S)NC(C)C. The Balaban J connectivity index is 2.15. The number of benzene rings is 2. The molecular weight excluding hydrogens is 807 g/mol. The van der Waals surface area contributed by atoms with E-state index in [9.17, 15) is 24.3 Å². The van der Waals surface area contributed by atoms with Crippen LogP contribution in [-0.2, 0) is 28.7 Å². The summed E-state index contributed by atoms with van der Waals surface area (Å²) in [5.41, 5.74) is 2.08. The van der Waals surface area contributed by atoms with E-state index < -0.39 is 23.7 Å². The van der Waals surface area contributed by atoms with Crippen LogP contribution in [0.3, 0.4) is 0 Å². The molecule has 0 saturated heterocycles. The minimum atomic E-state index is -0.774. The van der Waals surface area contributed by atoms with Gasteiger partial charge in [0.05, 0.1) is 65.3 Å². The minimum Gasteiger partial charge on any atom is -0.469 e. The standard InChI is InChI=1S/C42H65N9O7S2/c1-8-31(38(54)45-20-24-57-41(59)47-29(2)3)27-33(28-32(26-30(4)37(53)44-19-23-52)39(55)43-18-22-51(5,6)7)40(56)46-21-25-58-42(60)48-34-14-16-36(17-15-34)50-49-35-12-10-9-11-13-35/h9-17,29-33,52H,8,18-28H2,1-7H3,(H5-,43,44,45,46,47,48,49,53,54,55,56,59,60)/p+1. The number of quaternary nitrogens is 1. The van der Waals surface area contributed by atoms with Crippen molar-refractivity contribution in [3.8, 4) is 0 Å². The zero-order valence-corrected chi connectivity index (χ0v) is 37.8. The second kappa shape index (κ2) is 27.9. The molecule has 0 aliphatic heterocycles. The number of anilines is 1. The highest BCUT2D eigenvalue weighted by Gasteiger charge is 2.33. The Kier molecular flexibility index (Phi) is 23.9. The summed E-state index contributed by atoms with van der Waals surface area (Å²) >= 11 is 10.5. The van der Waals surface area contributed by atoms with Gasteiger partial charge in [-0.15, -0.1) is 0 Å². The summed E-state index contributed by atoms with van der Waals surface area (Å²) in [4.78, 5) is 54.0. The number of azo groups is 1. The molecule has 4 amide bonds. The largest absolute Gasteiger partial charge is 0.469 e. The van der Waals surface area contributed by atoms with Crippen LogP contribution < -0.4 is 31.9 Å². The number of carbonyl (C=O) groups excluding carboxylic acids is 4. The molecule has 2 rings (SSSR count). The second-order valence-electron chi connectivity index (χ2n) is 15.8. The number of aliphatic hydroxyl groups is 1. The summed E-state index contributed by atoms with van der Waals surface area (Å²) in [5, 5.41) is 35.5. The van der Waals surface area contributed by atoms with Crippen LogP contribution in [0.4, 0.5) is 17.1 Å². The monoisotopic (exact) mass is 872 g/mol. The van der Waals surface area contributed by atoms with Crippen molar-refractivity contribution in [2.45, 2.75) is 59.4 Å². The van der Waals surface area contributed by atoms with Crippen molar-refractivity contribution in [3.63, 3.8) is 0 Å². The molecular formula is C42H66N9O7S2+. The normalized spacial score (nSPS) is 13.3. The summed E-state index contributed by atoms with van der Waals surface area (Å²) in [6.07, 6.45) is 0.826. The quantitative estimate of drug-likeness (QED) is 0.0307. The van der Waals surface area contributed by atoms with Crippen molar-refractivity contribution < 1.29 is 38.2 Å². The lowest BCUT2D eigenvalue weighted by atomic mass is 9.81. The summed E-state index contributed by atoms with van der Waals surface area (Å²) < 4.78 is 11.8. The molecule has 2 aromatic rings. The number of amides is 4. The predicted molar refractivity (Wildman–Crippen MR) is 242 cm³/mol. The van der Waals surface area contributed by atoms with Crippen molar-refractivity contribution in [1.82, 2.24) is 26.6 Å². The maximum atomic E-state index is 14.0. The van der Waals surface area contributed by atoms with Crippen LogP contribution in [0.5, 0.6) is 0 Å². The smallest absolute Gasteiger partial charge is 0.261 e. The fourth-order valence-corrected chi connectivity index (χ4v) is 6.41. The Labute approximate surface area is 366 Å². The van der Waals surface area contributed by atoms with E-state index in [-0.39, 0.29) is 98.7 Å². The van der Waals surface area contributed by atoms with E-state index in [1.54, 1.807) is 31.2 Å². The van der Waals surface area contributed by atoms with E-state index in [4.69, 9.17) is 33.9 Å². The number of rotatable bonds is 26. The third kappa shape index (κ3) is 22.0. The van der Waals surface area contributed by atoms with Gasteiger partial charge in [0.1, 0.15) is 13.2 Å². The summed E-state index contributed by atoms with van der Waals surface area (Å²) in [6.45, 7) is 8.90. The molecule has 0 radical (unpaired) electrons. The number of likely N-dealkylation sites (N-methyl/N-ethyl adjacent to an activating group) is 1. The summed E-state index contributed by atoms with van der Waals surface area (Å²) in [5.74, 6) is -3.86. The molecule has 0 aromatic heterocycles. The molecule has 16 nitrogen and oxygen atoms in total. The first-order valence-corrected chi connectivity index (χ1v) is 21.3. The first-order chi connectivity index (χ1) is 28.5. The molecule has 4 atom stereocenters. The van der Waals surface area contributed by atoms with E-state index in [1.165, 1.54) is 0 Å². The van der Waals surface area contributed by atoms with E-state index in [2.05, 4.69) is 42.1 Å². The van der Waals surface area contributed by atoms with Crippen LogP contribution in [0.2, 0.25) is 0 Å². The Morgan fingerprint density at radius 2 is 1.17 bits per heavy atom. The average molecular weight is 873 g/mol. The third-order valence-electron chi connectivity index (χ3n) is 9.15. The van der Waals surface area contributed by atoms with Crippen molar-refractivity contribution in [3.05, 3.63) is 54.6 Å². The number of aliphatic hydroxyl groups excluding tert-OH is 1. The Morgan fingerprint density at radius 3 is 1.72 bits per heavy atom. The van der Waals surface area contributed by atoms with Gasteiger partial charge in [0, 0.05) is 41.9 Å². The van der Waals surface area contributed by atoms with Gasteiger partial charge in [0.15, 0.2) is 0 Å². The van der Waals surface area contributed by atoms with E-state index in [1.807, 2.05) is 72.2 Å². The van der Waals surface area contributed by atoms with E-state index in [0.29, 0.717) is 35.4 Å². The van der Waals surface area contributed by atoms with Gasteiger partial charge in [0.25, 0.3) is 10.3 Å². The number of ether oxygens (including phenoxy) is 2. The van der Waals surface area contributed by atoms with Crippen LogP contribution in [-0.4, -0.2) is 123 Å². The molecule has 4 unspecified atom stereocenters. The van der Waals surface area contributed by atoms with Crippen LogP contribution in [0, 0.1) is 23.7 Å². The third-order valence-corrected chi connectivity index (χ3v) is 9.60. The minimum absolute atomic E-state index is 0.0515. The summed E-state index contributed by atoms with van der Waals surface area (Å²) in [6, 6.07) is 16.7. The lowest BCUT2D eigenvalue weighted by molar-refractivity contribution is -0.869. The Hall–Kier alpha value is -4.78. The van der Waals surface area contributed by atoms with Crippen molar-refractivity contribution in [2.24, 2.45) is 33.9 Å². The Morgan fingerprint density at radius 1 is 0.667 bits per heavy atom. The predicted octanol–water partition coefficient (Wildman–Crippen LogP) is 4.34. The highest BCUT2D eigenvalue weighted by molar-refractivity contribution is 7.80. The molecule has 0 heterocycles. The highest BCUT2D eigenvalue weighted by Crippen LogP contribution is 2.28. The maximum absolute atomic E-state index is 14.0. The van der Waals surface area contributed by atoms with Gasteiger partial charge in [-0.05, 0) is 100 Å². The first kappa shape index (κ1) is 51.4. The van der Waals surface area contributed by atoms with Gasteiger partial charge < -0.3 is 51.0 Å². The number of carbonyl (C=O) groups is 4. The molecule has 0 aliphatic rings. The molecule has 0 bridgehead atoms. The van der Waals surface area contributed by atoms with Crippen LogP contribution >= 0.6 is 24.4 Å². The average Bonchev–Trinajstić information content (AvgIpc) is 3.20. The van der Waals surface area contributed by atoms with Gasteiger partial charge >= 0.3 is 0 Å². The number of nitrogens with one attached hydrogen (secondary N) is 6. The molecule has 2 aromatic carbocycles. The lowest BCUT2D eigenvalue weighted by Gasteiger charge is -2.28. The van der Waals surface area contributed by atoms with Crippen LogP contribution in [0.15, 0.2) is 64.8 Å². The lowest BCUT2D eigenvalue weighted by Crippen LogP contribution is -2.45. The summed E-state index contributed by atoms with van der Waals surface area (Å²) in [7, 11) is 6.05. The molecule has 7 N–H and O–H groups in total. The molecule has 0 saturated carbocycles. The first-order valence-electron chi connectivity index (χ1n) is 20.5. The van der Waals surface area contributed by atoms with Crippen molar-refractivity contribution in [1.29, 1.82) is 0 Å². The second-order valence-corrected chi connectivity index (χ2v) is 16.5. The molecule has 0 fully saturated rings. The number of hydrogen-bond acceptors (Lipinski definition) is 11. The zero-order chi connectivity index (χ0) is 44.5. The highest BCUT2D eigenvalue weighted by atomic mass is 32.1. The van der Waals surface area contributed by atoms with Gasteiger partial charge in [-0.3, -0.25) is 19.2 Å². The fourth-order valence-electron chi connectivity index (χ4n) is 5.89. The van der Waals surface area contributed by atoms with E-state index in [0.717, 1.165) is 5.69 Å². The molecule has 0 spiro atoms. The molecule has 332 valence electrons. The van der Waals surface area contributed by atoms with Crippen LogP contribution in [0.1, 0.15) is 53.4 Å². The number of thiocarbonyl (C=S) groups is 2. The van der Waals surface area contributed by atoms with E-state index >= 15 is 0 Å². The van der Waals surface area contributed by atoms with Gasteiger partial charge in [0.2, 0.25) is 23.6 Å². The van der Waals surface area contributed by atoms with Gasteiger partial charge in [-0.2, -0.15) is 10.2 Å². The van der Waals surface area contributed by atoms with Gasteiger partial charge in [-0.25, -0.2) is 0 Å². The molecule has 0 aliphatic carbocycles. The molecule has 60 heavy (non-hydrogen) atoms. The van der Waals surface area contributed by atoms with Gasteiger partial charge in [-0.1, -0.05) is 32.0 Å². The van der Waals surface area contributed by atoms with Crippen LogP contribution in [0.25, 0.3) is 0 Å². The fraction of sp³-hybridized carbons (Fsp3) is 0.571. The Bertz CT molecular complexity index is 1680. The number of hydrogen-bond donors (Lipinski definition) is 7. The number of nitrogens with zero attached hydrogens (tertiary/aromatic N) is 3. The zero-order valence-electron chi connectivity index (χ0n) is 36.1. The van der Waals surface area contributed by atoms with Crippen molar-refractivity contribution >= 4 is 75.5 Å². The van der Waals surface area contributed by atoms with Crippen molar-refractivity contribution in [2.75, 3.05) is 79.0 Å².